The third-order valence-electron chi connectivity index (χ3n) is 5.23. The molecule has 0 aromatic heterocycles. The van der Waals surface area contributed by atoms with Crippen LogP contribution in [-0.2, 0) is 27.3 Å². The molecule has 7 heteroatoms. The Morgan fingerprint density at radius 3 is 1.90 bits per heavy atom. The molecule has 3 rings (SSSR count). The van der Waals surface area contributed by atoms with Crippen molar-refractivity contribution >= 4 is 17.8 Å². The SMILES string of the molecule is COC(CSCC1C(OC)N(Cc2ccccc2)C(=O)N1Cc1ccccc1)OC. The zero-order valence-corrected chi connectivity index (χ0v) is 18.6. The fourth-order valence-corrected chi connectivity index (χ4v) is 4.84. The predicted octanol–water partition coefficient (Wildman–Crippen LogP) is 3.82. The number of hydrogen-bond acceptors (Lipinski definition) is 5. The van der Waals surface area contributed by atoms with Crippen molar-refractivity contribution in [3.05, 3.63) is 71.8 Å². The van der Waals surface area contributed by atoms with E-state index in [0.717, 1.165) is 16.9 Å². The van der Waals surface area contributed by atoms with Crippen molar-refractivity contribution < 1.29 is 19.0 Å². The minimum absolute atomic E-state index is 0.00445. The highest BCUT2D eigenvalue weighted by atomic mass is 32.2. The van der Waals surface area contributed by atoms with Gasteiger partial charge in [0.25, 0.3) is 0 Å². The largest absolute Gasteiger partial charge is 0.359 e. The summed E-state index contributed by atoms with van der Waals surface area (Å²) in [5.74, 6) is 1.41. The summed E-state index contributed by atoms with van der Waals surface area (Å²) < 4.78 is 16.4. The molecule has 6 nitrogen and oxygen atoms in total. The van der Waals surface area contributed by atoms with Crippen LogP contribution in [0.2, 0.25) is 0 Å². The lowest BCUT2D eigenvalue weighted by atomic mass is 10.2. The topological polar surface area (TPSA) is 51.2 Å². The Morgan fingerprint density at radius 2 is 1.40 bits per heavy atom. The summed E-state index contributed by atoms with van der Waals surface area (Å²) in [4.78, 5) is 17.2. The number of benzene rings is 2. The monoisotopic (exact) mass is 430 g/mol. The third-order valence-corrected chi connectivity index (χ3v) is 6.31. The molecule has 2 unspecified atom stereocenters. The summed E-state index contributed by atoms with van der Waals surface area (Å²) in [7, 11) is 4.94. The van der Waals surface area contributed by atoms with Crippen molar-refractivity contribution in [1.82, 2.24) is 9.80 Å². The van der Waals surface area contributed by atoms with Crippen LogP contribution in [0.3, 0.4) is 0 Å². The second-order valence-electron chi connectivity index (χ2n) is 7.14. The molecule has 1 fully saturated rings. The average molecular weight is 431 g/mol. The highest BCUT2D eigenvalue weighted by Crippen LogP contribution is 2.30. The zero-order valence-electron chi connectivity index (χ0n) is 17.8. The van der Waals surface area contributed by atoms with E-state index in [9.17, 15) is 4.79 Å². The normalized spacial score (nSPS) is 19.1. The minimum Gasteiger partial charge on any atom is -0.359 e. The van der Waals surface area contributed by atoms with Gasteiger partial charge in [0, 0.05) is 39.4 Å². The van der Waals surface area contributed by atoms with E-state index in [1.165, 1.54) is 0 Å². The maximum absolute atomic E-state index is 13.4. The van der Waals surface area contributed by atoms with Crippen LogP contribution >= 0.6 is 11.8 Å². The molecule has 1 saturated heterocycles. The highest BCUT2D eigenvalue weighted by Gasteiger charge is 2.45. The Kier molecular flexibility index (Phi) is 8.57. The van der Waals surface area contributed by atoms with Crippen LogP contribution in [0.4, 0.5) is 4.79 Å². The first-order chi connectivity index (χ1) is 14.7. The number of carbonyl (C=O) groups excluding carboxylic acids is 1. The number of carbonyl (C=O) groups is 1. The molecule has 2 atom stereocenters. The fraction of sp³-hybridized carbons (Fsp3) is 0.435. The summed E-state index contributed by atoms with van der Waals surface area (Å²) in [6.07, 6.45) is -0.589. The number of amides is 2. The van der Waals surface area contributed by atoms with Gasteiger partial charge in [-0.2, -0.15) is 11.8 Å². The number of ether oxygens (including phenoxy) is 3. The van der Waals surface area contributed by atoms with E-state index in [0.29, 0.717) is 18.8 Å². The first-order valence-corrected chi connectivity index (χ1v) is 11.1. The Morgan fingerprint density at radius 1 is 0.867 bits per heavy atom. The van der Waals surface area contributed by atoms with Gasteiger partial charge in [-0.3, -0.25) is 4.90 Å². The number of methoxy groups -OCH3 is 3. The molecule has 30 heavy (non-hydrogen) atoms. The lowest BCUT2D eigenvalue weighted by molar-refractivity contribution is -0.0842. The molecule has 2 aromatic rings. The fourth-order valence-electron chi connectivity index (χ4n) is 3.65. The molecule has 2 amide bonds. The van der Waals surface area contributed by atoms with Crippen molar-refractivity contribution in [1.29, 1.82) is 0 Å². The summed E-state index contributed by atoms with van der Waals surface area (Å²) >= 11 is 1.70. The Bertz CT molecular complexity index is 773. The molecule has 0 aliphatic carbocycles. The van der Waals surface area contributed by atoms with Gasteiger partial charge in [0.1, 0.15) is 0 Å². The van der Waals surface area contributed by atoms with Crippen LogP contribution < -0.4 is 0 Å². The molecule has 0 radical (unpaired) electrons. The van der Waals surface area contributed by atoms with Gasteiger partial charge in [0.2, 0.25) is 0 Å². The molecule has 1 aliphatic heterocycles. The number of rotatable bonds is 11. The van der Waals surface area contributed by atoms with Gasteiger partial charge >= 0.3 is 6.03 Å². The summed E-state index contributed by atoms with van der Waals surface area (Å²) in [5, 5.41) is 0. The van der Waals surface area contributed by atoms with E-state index in [1.807, 2.05) is 70.5 Å². The van der Waals surface area contributed by atoms with Crippen LogP contribution in [0.5, 0.6) is 0 Å². The maximum Gasteiger partial charge on any atom is 0.323 e. The molecule has 162 valence electrons. The lowest BCUT2D eigenvalue weighted by Crippen LogP contribution is -2.40. The van der Waals surface area contributed by atoms with Crippen molar-refractivity contribution in [2.75, 3.05) is 32.8 Å². The Hall–Kier alpha value is -2.06. The first kappa shape index (κ1) is 22.6. The lowest BCUT2D eigenvalue weighted by Gasteiger charge is -2.27. The highest BCUT2D eigenvalue weighted by molar-refractivity contribution is 7.99. The maximum atomic E-state index is 13.4. The smallest absolute Gasteiger partial charge is 0.323 e. The van der Waals surface area contributed by atoms with E-state index in [4.69, 9.17) is 14.2 Å². The number of hydrogen-bond donors (Lipinski definition) is 0. The number of thioether (sulfide) groups is 1. The average Bonchev–Trinajstić information content (AvgIpc) is 3.03. The minimum atomic E-state index is -0.322. The molecule has 0 saturated carbocycles. The molecule has 1 aliphatic rings. The Balaban J connectivity index is 1.79. The van der Waals surface area contributed by atoms with Crippen molar-refractivity contribution in [2.24, 2.45) is 0 Å². The van der Waals surface area contributed by atoms with Gasteiger partial charge in [-0.15, -0.1) is 0 Å². The van der Waals surface area contributed by atoms with Crippen LogP contribution in [0.25, 0.3) is 0 Å². The molecule has 0 spiro atoms. The van der Waals surface area contributed by atoms with Gasteiger partial charge in [-0.1, -0.05) is 60.7 Å². The molecule has 0 N–H and O–H groups in total. The van der Waals surface area contributed by atoms with Crippen molar-refractivity contribution in [3.8, 4) is 0 Å². The number of nitrogens with zero attached hydrogens (tertiary/aromatic N) is 2. The van der Waals surface area contributed by atoms with Crippen LogP contribution in [0.1, 0.15) is 11.1 Å². The second-order valence-corrected chi connectivity index (χ2v) is 8.22. The van der Waals surface area contributed by atoms with Gasteiger partial charge in [0.15, 0.2) is 12.5 Å². The van der Waals surface area contributed by atoms with Gasteiger partial charge in [0.05, 0.1) is 12.6 Å². The third kappa shape index (κ3) is 5.55. The molecule has 0 bridgehead atoms. The standard InChI is InChI=1S/C23H30N2O4S/c1-27-21(28-2)17-30-16-20-22(29-3)25(15-19-12-8-5-9-13-19)23(26)24(20)14-18-10-6-4-7-11-18/h4-13,20-22H,14-17H2,1-3H3. The first-order valence-electron chi connectivity index (χ1n) is 9.99. The Labute approximate surface area is 183 Å². The van der Waals surface area contributed by atoms with Gasteiger partial charge in [-0.25, -0.2) is 4.79 Å². The second kappa shape index (κ2) is 11.4. The van der Waals surface area contributed by atoms with E-state index in [1.54, 1.807) is 33.1 Å². The molecular weight excluding hydrogens is 400 g/mol. The predicted molar refractivity (Wildman–Crippen MR) is 119 cm³/mol. The summed E-state index contributed by atoms with van der Waals surface area (Å²) in [5.41, 5.74) is 2.18. The van der Waals surface area contributed by atoms with E-state index in [2.05, 4.69) is 0 Å². The van der Waals surface area contributed by atoms with E-state index >= 15 is 0 Å². The summed E-state index contributed by atoms with van der Waals surface area (Å²) in [6.45, 7) is 1.07. The molecule has 2 aromatic carbocycles. The van der Waals surface area contributed by atoms with Crippen molar-refractivity contribution in [2.45, 2.75) is 31.6 Å². The van der Waals surface area contributed by atoms with Crippen LogP contribution in [-0.4, -0.2) is 67.2 Å². The summed E-state index contributed by atoms with van der Waals surface area (Å²) in [6, 6.07) is 20.0. The van der Waals surface area contributed by atoms with Gasteiger partial charge < -0.3 is 19.1 Å². The molecule has 1 heterocycles. The quantitative estimate of drug-likeness (QED) is 0.508. The number of urea groups is 1. The van der Waals surface area contributed by atoms with Crippen LogP contribution in [0.15, 0.2) is 60.7 Å². The van der Waals surface area contributed by atoms with Crippen molar-refractivity contribution in [3.63, 3.8) is 0 Å². The van der Waals surface area contributed by atoms with E-state index in [-0.39, 0.29) is 24.6 Å². The van der Waals surface area contributed by atoms with E-state index < -0.39 is 0 Å². The molecular formula is C23H30N2O4S. The van der Waals surface area contributed by atoms with Crippen LogP contribution in [0, 0.1) is 0 Å². The van der Waals surface area contributed by atoms with Gasteiger partial charge in [-0.05, 0) is 11.1 Å². The zero-order chi connectivity index (χ0) is 21.3.